The van der Waals surface area contributed by atoms with Gasteiger partial charge in [-0.1, -0.05) is 24.3 Å². The number of hydrogen-bond donors (Lipinski definition) is 0. The Kier molecular flexibility index (Phi) is 4.06. The number of nitrogens with zero attached hydrogens (tertiary/aromatic N) is 4. The molecule has 0 amide bonds. The molecule has 0 aliphatic rings. The first-order valence-electron chi connectivity index (χ1n) is 8.71. The molecule has 5 aromatic rings. The number of fused-ring (bicyclic) bond motifs is 1. The standard InChI is InChI=1S/C22H14BrFN4/c23-17-12-26-28(13-17)20-8-9-22-21(11-20)25-14-27(22)19-3-1-2-16(10-19)15-4-6-18(24)7-5-15/h1-14H. The zero-order valence-corrected chi connectivity index (χ0v) is 16.2. The quantitative estimate of drug-likeness (QED) is 0.362. The van der Waals surface area contributed by atoms with Crippen LogP contribution in [0.15, 0.2) is 89.9 Å². The van der Waals surface area contributed by atoms with Gasteiger partial charge < -0.3 is 0 Å². The zero-order chi connectivity index (χ0) is 19.1. The third-order valence-corrected chi connectivity index (χ3v) is 5.06. The summed E-state index contributed by atoms with van der Waals surface area (Å²) in [5.74, 6) is -0.236. The van der Waals surface area contributed by atoms with E-state index in [-0.39, 0.29) is 5.82 Å². The van der Waals surface area contributed by atoms with Gasteiger partial charge in [0.2, 0.25) is 0 Å². The molecule has 0 radical (unpaired) electrons. The summed E-state index contributed by atoms with van der Waals surface area (Å²) >= 11 is 3.42. The van der Waals surface area contributed by atoms with Crippen LogP contribution in [-0.4, -0.2) is 19.3 Å². The molecule has 6 heteroatoms. The molecule has 2 heterocycles. The van der Waals surface area contributed by atoms with Gasteiger partial charge >= 0.3 is 0 Å². The van der Waals surface area contributed by atoms with Gasteiger partial charge in [0.25, 0.3) is 0 Å². The fourth-order valence-electron chi connectivity index (χ4n) is 3.27. The van der Waals surface area contributed by atoms with Crippen LogP contribution >= 0.6 is 15.9 Å². The second-order valence-electron chi connectivity index (χ2n) is 6.45. The number of benzene rings is 3. The van der Waals surface area contributed by atoms with E-state index in [1.54, 1.807) is 23.0 Å². The summed E-state index contributed by atoms with van der Waals surface area (Å²) in [7, 11) is 0. The number of hydrogen-bond acceptors (Lipinski definition) is 2. The molecule has 0 saturated heterocycles. The first-order valence-corrected chi connectivity index (χ1v) is 9.51. The highest BCUT2D eigenvalue weighted by Gasteiger charge is 2.08. The van der Waals surface area contributed by atoms with E-state index < -0.39 is 0 Å². The van der Waals surface area contributed by atoms with Crippen LogP contribution in [-0.2, 0) is 0 Å². The second kappa shape index (κ2) is 6.73. The van der Waals surface area contributed by atoms with E-state index in [1.807, 2.05) is 53.5 Å². The molecule has 136 valence electrons. The van der Waals surface area contributed by atoms with E-state index in [9.17, 15) is 4.39 Å². The summed E-state index contributed by atoms with van der Waals surface area (Å²) < 4.78 is 18.0. The average molecular weight is 433 g/mol. The van der Waals surface area contributed by atoms with Crippen LogP contribution < -0.4 is 0 Å². The van der Waals surface area contributed by atoms with E-state index in [1.165, 1.54) is 12.1 Å². The molecule has 0 N–H and O–H groups in total. The highest BCUT2D eigenvalue weighted by atomic mass is 79.9. The SMILES string of the molecule is Fc1ccc(-c2cccc(-n3cnc4cc(-n5cc(Br)cn5)ccc43)c2)cc1. The molecule has 0 bridgehead atoms. The van der Waals surface area contributed by atoms with Crippen molar-refractivity contribution in [3.8, 4) is 22.5 Å². The normalized spacial score (nSPS) is 11.2. The van der Waals surface area contributed by atoms with Crippen molar-refractivity contribution in [2.75, 3.05) is 0 Å². The molecular weight excluding hydrogens is 419 g/mol. The predicted molar refractivity (Wildman–Crippen MR) is 111 cm³/mol. The van der Waals surface area contributed by atoms with Gasteiger partial charge in [-0.05, 0) is 69.5 Å². The van der Waals surface area contributed by atoms with Crippen LogP contribution in [0.25, 0.3) is 33.5 Å². The van der Waals surface area contributed by atoms with Crippen molar-refractivity contribution in [3.05, 3.63) is 95.7 Å². The predicted octanol–water partition coefficient (Wildman–Crippen LogP) is 5.78. The Hall–Kier alpha value is -3.25. The zero-order valence-electron chi connectivity index (χ0n) is 14.6. The summed E-state index contributed by atoms with van der Waals surface area (Å²) in [4.78, 5) is 4.56. The lowest BCUT2D eigenvalue weighted by Crippen LogP contribution is -1.95. The summed E-state index contributed by atoms with van der Waals surface area (Å²) in [5.41, 5.74) is 5.83. The number of halogens is 2. The lowest BCUT2D eigenvalue weighted by Gasteiger charge is -2.08. The Labute approximate surface area is 169 Å². The first-order chi connectivity index (χ1) is 13.7. The summed E-state index contributed by atoms with van der Waals surface area (Å²) in [6, 6.07) is 20.7. The van der Waals surface area contributed by atoms with Gasteiger partial charge in [0.15, 0.2) is 0 Å². The number of aromatic nitrogens is 4. The van der Waals surface area contributed by atoms with Crippen LogP contribution in [0.2, 0.25) is 0 Å². The fraction of sp³-hybridized carbons (Fsp3) is 0. The monoisotopic (exact) mass is 432 g/mol. The van der Waals surface area contributed by atoms with E-state index in [4.69, 9.17) is 0 Å². The molecule has 28 heavy (non-hydrogen) atoms. The molecule has 0 aliphatic carbocycles. The summed E-state index contributed by atoms with van der Waals surface area (Å²) in [5, 5.41) is 4.32. The minimum Gasteiger partial charge on any atom is -0.299 e. The Balaban J connectivity index is 1.56. The summed E-state index contributed by atoms with van der Waals surface area (Å²) in [6.45, 7) is 0. The maximum absolute atomic E-state index is 13.2. The molecular formula is C22H14BrFN4. The molecule has 0 spiro atoms. The molecule has 0 fully saturated rings. The molecule has 3 aromatic carbocycles. The van der Waals surface area contributed by atoms with Crippen molar-refractivity contribution < 1.29 is 4.39 Å². The molecule has 0 unspecified atom stereocenters. The van der Waals surface area contributed by atoms with Gasteiger partial charge in [0.05, 0.1) is 27.4 Å². The van der Waals surface area contributed by atoms with Crippen LogP contribution in [0.1, 0.15) is 0 Å². The molecule has 0 atom stereocenters. The van der Waals surface area contributed by atoms with E-state index in [2.05, 4.69) is 32.1 Å². The lowest BCUT2D eigenvalue weighted by molar-refractivity contribution is 0.628. The Morgan fingerprint density at radius 3 is 2.50 bits per heavy atom. The first kappa shape index (κ1) is 16.9. The minimum absolute atomic E-state index is 0.236. The molecule has 2 aromatic heterocycles. The third kappa shape index (κ3) is 3.01. The van der Waals surface area contributed by atoms with Crippen LogP contribution in [0.4, 0.5) is 4.39 Å². The lowest BCUT2D eigenvalue weighted by atomic mass is 10.1. The van der Waals surface area contributed by atoms with Crippen LogP contribution in [0.3, 0.4) is 0 Å². The Bertz CT molecular complexity index is 1290. The number of imidazole rings is 1. The van der Waals surface area contributed by atoms with E-state index in [0.717, 1.165) is 38.0 Å². The minimum atomic E-state index is -0.236. The molecule has 4 nitrogen and oxygen atoms in total. The Morgan fingerprint density at radius 2 is 1.71 bits per heavy atom. The van der Waals surface area contributed by atoms with Crippen molar-refractivity contribution in [1.82, 2.24) is 19.3 Å². The van der Waals surface area contributed by atoms with Gasteiger partial charge in [-0.15, -0.1) is 0 Å². The topological polar surface area (TPSA) is 35.6 Å². The fourth-order valence-corrected chi connectivity index (χ4v) is 3.55. The van der Waals surface area contributed by atoms with E-state index in [0.29, 0.717) is 0 Å². The highest BCUT2D eigenvalue weighted by Crippen LogP contribution is 2.26. The van der Waals surface area contributed by atoms with Gasteiger partial charge in [-0.25, -0.2) is 14.1 Å². The number of rotatable bonds is 3. The summed E-state index contributed by atoms with van der Waals surface area (Å²) in [6.07, 6.45) is 5.48. The van der Waals surface area contributed by atoms with Crippen LogP contribution in [0.5, 0.6) is 0 Å². The Morgan fingerprint density at radius 1 is 0.857 bits per heavy atom. The highest BCUT2D eigenvalue weighted by molar-refractivity contribution is 9.10. The van der Waals surface area contributed by atoms with Gasteiger partial charge in [-0.2, -0.15) is 5.10 Å². The van der Waals surface area contributed by atoms with Crippen molar-refractivity contribution in [3.63, 3.8) is 0 Å². The van der Waals surface area contributed by atoms with Crippen LogP contribution in [0, 0.1) is 5.82 Å². The maximum atomic E-state index is 13.2. The molecule has 5 rings (SSSR count). The molecule has 0 saturated carbocycles. The van der Waals surface area contributed by atoms with Gasteiger partial charge in [0, 0.05) is 11.9 Å². The largest absolute Gasteiger partial charge is 0.299 e. The molecule has 0 aliphatic heterocycles. The van der Waals surface area contributed by atoms with Crippen molar-refractivity contribution >= 4 is 27.0 Å². The second-order valence-corrected chi connectivity index (χ2v) is 7.36. The maximum Gasteiger partial charge on any atom is 0.123 e. The third-order valence-electron chi connectivity index (χ3n) is 4.65. The smallest absolute Gasteiger partial charge is 0.123 e. The van der Waals surface area contributed by atoms with Crippen molar-refractivity contribution in [2.24, 2.45) is 0 Å². The average Bonchev–Trinajstić information content (AvgIpc) is 3.34. The van der Waals surface area contributed by atoms with Crippen molar-refractivity contribution in [1.29, 1.82) is 0 Å². The van der Waals surface area contributed by atoms with Crippen molar-refractivity contribution in [2.45, 2.75) is 0 Å². The van der Waals surface area contributed by atoms with E-state index >= 15 is 0 Å². The van der Waals surface area contributed by atoms with Gasteiger partial charge in [0.1, 0.15) is 12.1 Å². The van der Waals surface area contributed by atoms with Gasteiger partial charge in [-0.3, -0.25) is 4.57 Å².